The van der Waals surface area contributed by atoms with Gasteiger partial charge in [-0.05, 0) is 37.6 Å². The van der Waals surface area contributed by atoms with E-state index in [1.807, 2.05) is 33.2 Å². The lowest BCUT2D eigenvalue weighted by Gasteiger charge is -2.22. The van der Waals surface area contributed by atoms with Gasteiger partial charge in [0.2, 0.25) is 0 Å². The van der Waals surface area contributed by atoms with Gasteiger partial charge in [0.05, 0.1) is 21.2 Å². The van der Waals surface area contributed by atoms with Crippen LogP contribution < -0.4 is 10.6 Å². The Kier molecular flexibility index (Phi) is 4.19. The number of pyridine rings is 1. The molecule has 0 saturated heterocycles. The van der Waals surface area contributed by atoms with Crippen LogP contribution in [0, 0.1) is 6.92 Å². The van der Waals surface area contributed by atoms with Crippen LogP contribution in [0.2, 0.25) is 10.0 Å². The Bertz CT molecular complexity index is 624. The van der Waals surface area contributed by atoms with E-state index in [0.29, 0.717) is 16.6 Å². The first-order chi connectivity index (χ1) is 8.97. The monoisotopic (exact) mass is 297 g/mol. The fourth-order valence-electron chi connectivity index (χ4n) is 2.36. The highest BCUT2D eigenvalue weighted by Crippen LogP contribution is 2.37. The third-order valence-corrected chi connectivity index (χ3v) is 3.96. The number of aromatic nitrogens is 1. The summed E-state index contributed by atoms with van der Waals surface area (Å²) >= 11 is 12.3. The summed E-state index contributed by atoms with van der Waals surface area (Å²) in [5.41, 5.74) is 9.68. The van der Waals surface area contributed by atoms with Gasteiger partial charge in [-0.3, -0.25) is 4.98 Å². The fraction of sp³-hybridized carbons (Fsp3) is 0.357. The molecule has 0 aliphatic carbocycles. The largest absolute Gasteiger partial charge is 0.377 e. The minimum absolute atomic E-state index is 0.504. The van der Waals surface area contributed by atoms with Crippen LogP contribution in [0.4, 0.5) is 5.69 Å². The second kappa shape index (κ2) is 5.53. The number of fused-ring (bicyclic) bond motifs is 1. The van der Waals surface area contributed by atoms with Gasteiger partial charge in [0.1, 0.15) is 0 Å². The van der Waals surface area contributed by atoms with E-state index in [1.165, 1.54) is 5.56 Å². The van der Waals surface area contributed by atoms with E-state index in [-0.39, 0.29) is 0 Å². The van der Waals surface area contributed by atoms with E-state index in [4.69, 9.17) is 28.9 Å². The lowest BCUT2D eigenvalue weighted by Crippen LogP contribution is -2.16. The predicted molar refractivity (Wildman–Crippen MR) is 83.6 cm³/mol. The molecule has 0 fully saturated rings. The Morgan fingerprint density at radius 1 is 1.26 bits per heavy atom. The highest BCUT2D eigenvalue weighted by molar-refractivity contribution is 6.45. The standard InChI is InChI=1S/C14H17Cl2N3/c1-8-9(6-7-17)14(19(2)3)10-4-5-11(15)12(16)13(10)18-8/h4-5H,6-7,17H2,1-3H3. The molecule has 5 heteroatoms. The number of hydrogen-bond acceptors (Lipinski definition) is 3. The first-order valence-corrected chi connectivity index (χ1v) is 6.87. The molecule has 2 aromatic rings. The molecule has 0 unspecified atom stereocenters. The van der Waals surface area contributed by atoms with Crippen LogP contribution in [0.25, 0.3) is 10.9 Å². The molecule has 0 radical (unpaired) electrons. The van der Waals surface area contributed by atoms with Crippen LogP contribution in [0.1, 0.15) is 11.3 Å². The Morgan fingerprint density at radius 2 is 1.95 bits per heavy atom. The second-order valence-electron chi connectivity index (χ2n) is 4.72. The Labute approximate surface area is 123 Å². The molecule has 19 heavy (non-hydrogen) atoms. The third-order valence-electron chi connectivity index (χ3n) is 3.17. The van der Waals surface area contributed by atoms with Gasteiger partial charge in [-0.25, -0.2) is 0 Å². The molecule has 0 bridgehead atoms. The summed E-state index contributed by atoms with van der Waals surface area (Å²) in [5, 5.41) is 2.04. The van der Waals surface area contributed by atoms with Crippen LogP contribution >= 0.6 is 23.2 Å². The van der Waals surface area contributed by atoms with Crippen molar-refractivity contribution in [3.05, 3.63) is 33.4 Å². The fourth-order valence-corrected chi connectivity index (χ4v) is 2.72. The maximum absolute atomic E-state index is 6.27. The highest BCUT2D eigenvalue weighted by Gasteiger charge is 2.16. The Morgan fingerprint density at radius 3 is 2.53 bits per heavy atom. The maximum Gasteiger partial charge on any atom is 0.0927 e. The average Bonchev–Trinajstić information content (AvgIpc) is 2.35. The summed E-state index contributed by atoms with van der Waals surface area (Å²) in [6, 6.07) is 3.77. The number of hydrogen-bond donors (Lipinski definition) is 1. The van der Waals surface area contributed by atoms with Crippen molar-refractivity contribution in [2.75, 3.05) is 25.5 Å². The maximum atomic E-state index is 6.27. The van der Waals surface area contributed by atoms with Crippen molar-refractivity contribution in [3.8, 4) is 0 Å². The molecule has 0 saturated carbocycles. The van der Waals surface area contributed by atoms with Crippen molar-refractivity contribution in [2.24, 2.45) is 5.73 Å². The van der Waals surface area contributed by atoms with Crippen LogP contribution in [0.15, 0.2) is 12.1 Å². The molecule has 0 aliphatic heterocycles. The smallest absolute Gasteiger partial charge is 0.0927 e. The molecule has 0 atom stereocenters. The van der Waals surface area contributed by atoms with Crippen molar-refractivity contribution in [1.29, 1.82) is 0 Å². The summed E-state index contributed by atoms with van der Waals surface area (Å²) in [6.07, 6.45) is 0.794. The van der Waals surface area contributed by atoms with Crippen molar-refractivity contribution in [1.82, 2.24) is 4.98 Å². The molecule has 0 amide bonds. The van der Waals surface area contributed by atoms with E-state index in [1.54, 1.807) is 0 Å². The summed E-state index contributed by atoms with van der Waals surface area (Å²) in [7, 11) is 4.02. The number of rotatable bonds is 3. The topological polar surface area (TPSA) is 42.2 Å². The van der Waals surface area contributed by atoms with Crippen LogP contribution in [0.5, 0.6) is 0 Å². The number of nitrogens with zero attached hydrogens (tertiary/aromatic N) is 2. The minimum atomic E-state index is 0.504. The van der Waals surface area contributed by atoms with E-state index >= 15 is 0 Å². The van der Waals surface area contributed by atoms with Crippen molar-refractivity contribution < 1.29 is 0 Å². The van der Waals surface area contributed by atoms with Crippen LogP contribution in [0.3, 0.4) is 0 Å². The first-order valence-electron chi connectivity index (χ1n) is 6.12. The predicted octanol–water partition coefficient (Wildman–Crippen LogP) is 3.42. The molecule has 0 aliphatic rings. The number of halogens is 2. The number of anilines is 1. The number of benzene rings is 1. The zero-order valence-electron chi connectivity index (χ0n) is 11.3. The highest BCUT2D eigenvalue weighted by atomic mass is 35.5. The lowest BCUT2D eigenvalue weighted by atomic mass is 10.0. The average molecular weight is 298 g/mol. The van der Waals surface area contributed by atoms with Gasteiger partial charge < -0.3 is 10.6 Å². The van der Waals surface area contributed by atoms with E-state index in [0.717, 1.165) is 28.7 Å². The number of aryl methyl sites for hydroxylation is 1. The van der Waals surface area contributed by atoms with E-state index in [2.05, 4.69) is 9.88 Å². The molecule has 2 rings (SSSR count). The molecular formula is C14H17Cl2N3. The summed E-state index contributed by atoms with van der Waals surface area (Å²) in [4.78, 5) is 6.67. The van der Waals surface area contributed by atoms with Gasteiger partial charge >= 0.3 is 0 Å². The van der Waals surface area contributed by atoms with E-state index < -0.39 is 0 Å². The van der Waals surface area contributed by atoms with Crippen LogP contribution in [-0.4, -0.2) is 25.6 Å². The summed E-state index contributed by atoms with van der Waals surface area (Å²) < 4.78 is 0. The van der Waals surface area contributed by atoms with E-state index in [9.17, 15) is 0 Å². The van der Waals surface area contributed by atoms with Crippen molar-refractivity contribution in [2.45, 2.75) is 13.3 Å². The SMILES string of the molecule is Cc1nc2c(Cl)c(Cl)ccc2c(N(C)C)c1CCN. The minimum Gasteiger partial charge on any atom is -0.377 e. The van der Waals surface area contributed by atoms with Crippen LogP contribution in [-0.2, 0) is 6.42 Å². The molecule has 3 nitrogen and oxygen atoms in total. The Hall–Kier alpha value is -1.03. The third kappa shape index (κ3) is 2.50. The summed E-state index contributed by atoms with van der Waals surface area (Å²) in [5.74, 6) is 0. The van der Waals surface area contributed by atoms with Gasteiger partial charge in [-0.1, -0.05) is 23.2 Å². The molecule has 1 heterocycles. The molecule has 1 aromatic carbocycles. The Balaban J connectivity index is 2.88. The summed E-state index contributed by atoms with van der Waals surface area (Å²) in [6.45, 7) is 2.57. The first kappa shape index (κ1) is 14.4. The lowest BCUT2D eigenvalue weighted by molar-refractivity contribution is 0.933. The van der Waals surface area contributed by atoms with Crippen molar-refractivity contribution in [3.63, 3.8) is 0 Å². The normalized spacial score (nSPS) is 11.1. The van der Waals surface area contributed by atoms with Gasteiger partial charge in [0, 0.05) is 25.2 Å². The van der Waals surface area contributed by atoms with Gasteiger partial charge in [0.15, 0.2) is 0 Å². The molecule has 0 spiro atoms. The second-order valence-corrected chi connectivity index (χ2v) is 5.50. The zero-order chi connectivity index (χ0) is 14.2. The molecule has 102 valence electrons. The zero-order valence-corrected chi connectivity index (χ0v) is 12.8. The molecular weight excluding hydrogens is 281 g/mol. The van der Waals surface area contributed by atoms with Gasteiger partial charge in [0.25, 0.3) is 0 Å². The quantitative estimate of drug-likeness (QED) is 0.944. The van der Waals surface area contributed by atoms with Gasteiger partial charge in [-0.15, -0.1) is 0 Å². The molecule has 2 N–H and O–H groups in total. The van der Waals surface area contributed by atoms with Crippen molar-refractivity contribution >= 4 is 39.8 Å². The molecule has 1 aromatic heterocycles. The number of nitrogens with two attached hydrogens (primary N) is 1. The van der Waals surface area contributed by atoms with Gasteiger partial charge in [-0.2, -0.15) is 0 Å².